The Morgan fingerprint density at radius 1 is 0.875 bits per heavy atom. The highest BCUT2D eigenvalue weighted by Crippen LogP contribution is 2.29. The van der Waals surface area contributed by atoms with Gasteiger partial charge in [0.2, 0.25) is 5.82 Å². The van der Waals surface area contributed by atoms with Crippen LogP contribution in [0.4, 0.5) is 11.6 Å². The Morgan fingerprint density at radius 3 is 2.38 bits per heavy atom. The number of piperidine rings is 1. The molecule has 8 heteroatoms. The highest BCUT2D eigenvalue weighted by molar-refractivity contribution is 5.97. The number of hydrogen-bond acceptors (Lipinski definition) is 7. The standard InChI is InChI=1S/C24H29N7O/c1-17-16-18(2)26-21-20(17)23(30-10-6-3-7-11-30)28-22(27-21)24(32)31-14-12-29(13-15-31)19-8-4-5-9-25-19/h4-5,8-9,16H,3,6-7,10-15H2,1-2H3. The molecule has 0 atom stereocenters. The third-order valence-electron chi connectivity index (χ3n) is 6.36. The minimum atomic E-state index is -0.119. The lowest BCUT2D eigenvalue weighted by Crippen LogP contribution is -2.49. The smallest absolute Gasteiger partial charge is 0.291 e. The summed E-state index contributed by atoms with van der Waals surface area (Å²) in [6, 6.07) is 7.97. The lowest BCUT2D eigenvalue weighted by Gasteiger charge is -2.35. The first-order valence-corrected chi connectivity index (χ1v) is 11.5. The number of amides is 1. The first kappa shape index (κ1) is 20.6. The molecule has 0 spiro atoms. The fourth-order valence-corrected chi connectivity index (χ4v) is 4.71. The molecule has 2 fully saturated rings. The Hall–Kier alpha value is -3.29. The summed E-state index contributed by atoms with van der Waals surface area (Å²) in [5.41, 5.74) is 2.63. The van der Waals surface area contributed by atoms with Crippen LogP contribution < -0.4 is 9.80 Å². The van der Waals surface area contributed by atoms with E-state index in [0.717, 1.165) is 67.3 Å². The highest BCUT2D eigenvalue weighted by atomic mass is 16.2. The van der Waals surface area contributed by atoms with Gasteiger partial charge in [0.25, 0.3) is 5.91 Å². The van der Waals surface area contributed by atoms with Gasteiger partial charge in [-0.25, -0.2) is 19.9 Å². The van der Waals surface area contributed by atoms with Gasteiger partial charge in [0.15, 0.2) is 5.65 Å². The summed E-state index contributed by atoms with van der Waals surface area (Å²) >= 11 is 0. The Balaban J connectivity index is 1.44. The Morgan fingerprint density at radius 2 is 1.66 bits per heavy atom. The van der Waals surface area contributed by atoms with Crippen molar-refractivity contribution < 1.29 is 4.79 Å². The SMILES string of the molecule is Cc1cc(C)c2c(N3CCCCC3)nc(C(=O)N3CCN(c4ccccn4)CC3)nc2n1. The van der Waals surface area contributed by atoms with E-state index in [1.165, 1.54) is 6.42 Å². The predicted molar refractivity (Wildman–Crippen MR) is 125 cm³/mol. The molecule has 0 unspecified atom stereocenters. The first-order chi connectivity index (χ1) is 15.6. The predicted octanol–water partition coefficient (Wildman–Crippen LogP) is 2.99. The van der Waals surface area contributed by atoms with Crippen LogP contribution in [0.2, 0.25) is 0 Å². The van der Waals surface area contributed by atoms with E-state index in [1.54, 1.807) is 6.20 Å². The quantitative estimate of drug-likeness (QED) is 0.631. The van der Waals surface area contributed by atoms with E-state index in [-0.39, 0.29) is 11.7 Å². The molecule has 166 valence electrons. The van der Waals surface area contributed by atoms with Crippen molar-refractivity contribution in [2.75, 3.05) is 49.1 Å². The number of nitrogens with zero attached hydrogens (tertiary/aromatic N) is 7. The van der Waals surface area contributed by atoms with Gasteiger partial charge >= 0.3 is 0 Å². The Kier molecular flexibility index (Phi) is 5.59. The highest BCUT2D eigenvalue weighted by Gasteiger charge is 2.27. The van der Waals surface area contributed by atoms with Crippen molar-refractivity contribution in [3.63, 3.8) is 0 Å². The lowest BCUT2D eigenvalue weighted by molar-refractivity contribution is 0.0734. The maximum absolute atomic E-state index is 13.4. The number of anilines is 2. The third-order valence-corrected chi connectivity index (χ3v) is 6.36. The van der Waals surface area contributed by atoms with Crippen LogP contribution in [0.25, 0.3) is 11.0 Å². The molecule has 5 heterocycles. The third kappa shape index (κ3) is 3.97. The topological polar surface area (TPSA) is 78.4 Å². The fraction of sp³-hybridized carbons (Fsp3) is 0.458. The zero-order chi connectivity index (χ0) is 22.1. The number of hydrogen-bond donors (Lipinski definition) is 0. The summed E-state index contributed by atoms with van der Waals surface area (Å²) in [5, 5.41) is 0.967. The molecular formula is C24H29N7O. The van der Waals surface area contributed by atoms with Gasteiger partial charge in [0, 0.05) is 51.2 Å². The molecule has 2 aliphatic heterocycles. The number of carbonyl (C=O) groups excluding carboxylic acids is 1. The van der Waals surface area contributed by atoms with E-state index in [4.69, 9.17) is 4.98 Å². The van der Waals surface area contributed by atoms with Crippen LogP contribution in [0.15, 0.2) is 30.5 Å². The molecule has 2 aliphatic rings. The van der Waals surface area contributed by atoms with Gasteiger partial charge in [-0.05, 0) is 56.9 Å². The van der Waals surface area contributed by atoms with Crippen molar-refractivity contribution in [2.45, 2.75) is 33.1 Å². The molecule has 0 N–H and O–H groups in total. The van der Waals surface area contributed by atoms with Crippen LogP contribution in [0.5, 0.6) is 0 Å². The summed E-state index contributed by atoms with van der Waals surface area (Å²) in [6.07, 6.45) is 5.32. The van der Waals surface area contributed by atoms with E-state index in [9.17, 15) is 4.79 Å². The molecule has 0 aromatic carbocycles. The molecular weight excluding hydrogens is 402 g/mol. The van der Waals surface area contributed by atoms with Gasteiger partial charge in [-0.3, -0.25) is 4.79 Å². The number of piperazine rings is 1. The maximum Gasteiger partial charge on any atom is 0.291 e. The number of fused-ring (bicyclic) bond motifs is 1. The van der Waals surface area contributed by atoms with Gasteiger partial charge in [-0.1, -0.05) is 6.07 Å². The van der Waals surface area contributed by atoms with Gasteiger partial charge in [0.1, 0.15) is 11.6 Å². The number of aromatic nitrogens is 4. The molecule has 1 amide bonds. The number of carbonyl (C=O) groups is 1. The van der Waals surface area contributed by atoms with Crippen LogP contribution in [-0.2, 0) is 0 Å². The zero-order valence-electron chi connectivity index (χ0n) is 18.8. The van der Waals surface area contributed by atoms with E-state index >= 15 is 0 Å². The Bertz CT molecular complexity index is 1120. The van der Waals surface area contributed by atoms with Crippen LogP contribution in [0, 0.1) is 13.8 Å². The van der Waals surface area contributed by atoms with Gasteiger partial charge in [-0.2, -0.15) is 0 Å². The van der Waals surface area contributed by atoms with Crippen molar-refractivity contribution in [3.8, 4) is 0 Å². The summed E-state index contributed by atoms with van der Waals surface area (Å²) in [4.78, 5) is 38.3. The summed E-state index contributed by atoms with van der Waals surface area (Å²) in [7, 11) is 0. The fourth-order valence-electron chi connectivity index (χ4n) is 4.71. The van der Waals surface area contributed by atoms with E-state index in [1.807, 2.05) is 30.0 Å². The summed E-state index contributed by atoms with van der Waals surface area (Å²) in [6.45, 7) is 8.68. The number of aryl methyl sites for hydroxylation is 2. The second-order valence-corrected chi connectivity index (χ2v) is 8.66. The largest absolute Gasteiger partial charge is 0.356 e. The monoisotopic (exact) mass is 431 g/mol. The number of rotatable bonds is 3. The van der Waals surface area contributed by atoms with Crippen LogP contribution in [-0.4, -0.2) is 70.0 Å². The van der Waals surface area contributed by atoms with Crippen LogP contribution in [0.1, 0.15) is 41.1 Å². The molecule has 3 aromatic heterocycles. The average molecular weight is 432 g/mol. The van der Waals surface area contributed by atoms with Gasteiger partial charge < -0.3 is 14.7 Å². The Labute approximate surface area is 188 Å². The lowest BCUT2D eigenvalue weighted by atomic mass is 10.1. The molecule has 3 aromatic rings. The van der Waals surface area contributed by atoms with Crippen molar-refractivity contribution in [1.82, 2.24) is 24.8 Å². The molecule has 8 nitrogen and oxygen atoms in total. The van der Waals surface area contributed by atoms with Crippen molar-refractivity contribution in [1.29, 1.82) is 0 Å². The van der Waals surface area contributed by atoms with Crippen molar-refractivity contribution in [3.05, 3.63) is 47.5 Å². The average Bonchev–Trinajstić information content (AvgIpc) is 2.84. The molecule has 5 rings (SSSR count). The molecule has 2 saturated heterocycles. The molecule has 0 aliphatic carbocycles. The van der Waals surface area contributed by atoms with E-state index < -0.39 is 0 Å². The van der Waals surface area contributed by atoms with Crippen LogP contribution in [0.3, 0.4) is 0 Å². The van der Waals surface area contributed by atoms with Gasteiger partial charge in [0.05, 0.1) is 5.39 Å². The summed E-state index contributed by atoms with van der Waals surface area (Å²) in [5.74, 6) is 1.94. The van der Waals surface area contributed by atoms with E-state index in [0.29, 0.717) is 18.7 Å². The minimum Gasteiger partial charge on any atom is -0.356 e. The first-order valence-electron chi connectivity index (χ1n) is 11.5. The number of pyridine rings is 2. The molecule has 0 saturated carbocycles. The zero-order valence-corrected chi connectivity index (χ0v) is 18.8. The molecule has 0 bridgehead atoms. The second-order valence-electron chi connectivity index (χ2n) is 8.66. The van der Waals surface area contributed by atoms with Crippen LogP contribution >= 0.6 is 0 Å². The molecule has 0 radical (unpaired) electrons. The minimum absolute atomic E-state index is 0.119. The van der Waals surface area contributed by atoms with Crippen molar-refractivity contribution >= 4 is 28.6 Å². The van der Waals surface area contributed by atoms with E-state index in [2.05, 4.69) is 37.7 Å². The van der Waals surface area contributed by atoms with Gasteiger partial charge in [-0.15, -0.1) is 0 Å². The van der Waals surface area contributed by atoms with Crippen molar-refractivity contribution in [2.24, 2.45) is 0 Å². The maximum atomic E-state index is 13.4. The summed E-state index contributed by atoms with van der Waals surface area (Å²) < 4.78 is 0. The normalized spacial score (nSPS) is 17.1. The molecule has 32 heavy (non-hydrogen) atoms. The second kappa shape index (κ2) is 8.68.